The zero-order valence-electron chi connectivity index (χ0n) is 21.2. The van der Waals surface area contributed by atoms with Crippen molar-refractivity contribution in [2.75, 3.05) is 0 Å². The van der Waals surface area contributed by atoms with E-state index < -0.39 is 20.0 Å². The molecule has 4 rings (SSSR count). The number of halogens is 4. The monoisotopic (exact) mass is 837 g/mol. The Hall–Kier alpha value is -2.62. The van der Waals surface area contributed by atoms with Crippen LogP contribution < -0.4 is 19.9 Å². The van der Waals surface area contributed by atoms with E-state index in [0.29, 0.717) is 10.0 Å². The summed E-state index contributed by atoms with van der Waals surface area (Å²) in [6, 6.07) is 21.3. The van der Waals surface area contributed by atoms with Gasteiger partial charge in [0.05, 0.1) is 22.2 Å². The van der Waals surface area contributed by atoms with Gasteiger partial charge in [-0.3, -0.25) is 0 Å². The normalized spacial score (nSPS) is 11.4. The van der Waals surface area contributed by atoms with Crippen LogP contribution in [0, 0.1) is 0 Å². The van der Waals surface area contributed by atoms with Crippen molar-refractivity contribution in [2.24, 2.45) is 10.2 Å². The van der Waals surface area contributed by atoms with Crippen LogP contribution in [0.2, 0.25) is 10.0 Å². The van der Waals surface area contributed by atoms with Gasteiger partial charge in [0.2, 0.25) is 0 Å². The van der Waals surface area contributed by atoms with E-state index in [4.69, 9.17) is 23.2 Å². The second-order valence-corrected chi connectivity index (χ2v) is 13.8. The van der Waals surface area contributed by atoms with E-state index in [1.165, 1.54) is 48.5 Å². The fourth-order valence-corrected chi connectivity index (χ4v) is 6.28. The molecule has 0 heterocycles. The number of hydrazone groups is 2. The van der Waals surface area contributed by atoms with Gasteiger partial charge in [-0.1, -0.05) is 103 Å². The molecule has 0 fully saturated rings. The predicted octanol–water partition coefficient (Wildman–Crippen LogP) is 4.97. The Bertz CT molecular complexity index is 1700. The molecule has 0 atom stereocenters. The van der Waals surface area contributed by atoms with E-state index in [9.17, 15) is 27.0 Å². The first-order valence-corrected chi connectivity index (χ1v) is 16.6. The number of rotatable bonds is 8. The summed E-state index contributed by atoms with van der Waals surface area (Å²) < 4.78 is 48.2. The SMILES string of the molecule is O=S(=O)(N/N=C/c1cc(Cl)cc(Br)c1[O-])c1ccccc1.O=S(=O)(N/N=C/c1cc(Cl)cc(Br)c1[O-])c1ccccc1.[Cu+2]. The van der Waals surface area contributed by atoms with Crippen molar-refractivity contribution in [3.8, 4) is 11.5 Å². The quantitative estimate of drug-likeness (QED) is 0.145. The van der Waals surface area contributed by atoms with Crippen molar-refractivity contribution in [1.29, 1.82) is 0 Å². The molecule has 43 heavy (non-hydrogen) atoms. The fourth-order valence-electron chi connectivity index (χ4n) is 2.99. The molecular formula is C26H18Br2Cl2CuN4O6S2. The van der Waals surface area contributed by atoms with E-state index in [2.05, 4.69) is 42.1 Å². The Morgan fingerprint density at radius 2 is 0.953 bits per heavy atom. The summed E-state index contributed by atoms with van der Waals surface area (Å²) >= 11 is 17.8. The third kappa shape index (κ3) is 10.8. The van der Waals surface area contributed by atoms with Gasteiger partial charge >= 0.3 is 17.1 Å². The zero-order valence-corrected chi connectivity index (χ0v) is 28.5. The van der Waals surface area contributed by atoms with Crippen LogP contribution in [-0.2, 0) is 37.1 Å². The molecule has 0 aliphatic heterocycles. The summed E-state index contributed by atoms with van der Waals surface area (Å²) in [4.78, 5) is 4.23. The number of benzene rings is 4. The van der Waals surface area contributed by atoms with Gasteiger partial charge in [0.25, 0.3) is 20.0 Å². The molecule has 4 aromatic rings. The molecule has 0 aromatic heterocycles. The maximum atomic E-state index is 11.9. The largest absolute Gasteiger partial charge is 2.00 e. The minimum atomic E-state index is -3.76. The van der Waals surface area contributed by atoms with Crippen molar-refractivity contribution < 1.29 is 44.1 Å². The number of nitrogens with zero attached hydrogens (tertiary/aromatic N) is 2. The van der Waals surface area contributed by atoms with E-state index >= 15 is 0 Å². The average Bonchev–Trinajstić information content (AvgIpc) is 2.95. The first-order valence-electron chi connectivity index (χ1n) is 11.3. The molecule has 0 aliphatic carbocycles. The smallest absolute Gasteiger partial charge is 0.871 e. The number of sulfonamides is 2. The topological polar surface area (TPSA) is 163 Å². The Labute approximate surface area is 285 Å². The Kier molecular flexibility index (Phi) is 14.0. The van der Waals surface area contributed by atoms with Gasteiger partial charge in [0.15, 0.2) is 0 Å². The molecule has 4 aromatic carbocycles. The first kappa shape index (κ1) is 36.6. The van der Waals surface area contributed by atoms with E-state index in [0.717, 1.165) is 12.4 Å². The molecule has 0 bridgehead atoms. The van der Waals surface area contributed by atoms with Crippen molar-refractivity contribution in [1.82, 2.24) is 9.66 Å². The van der Waals surface area contributed by atoms with Crippen LogP contribution in [0.25, 0.3) is 0 Å². The summed E-state index contributed by atoms with van der Waals surface area (Å²) in [6.45, 7) is 0. The number of nitrogens with one attached hydrogen (secondary N) is 2. The van der Waals surface area contributed by atoms with Gasteiger partial charge < -0.3 is 10.2 Å². The molecule has 229 valence electrons. The molecule has 2 N–H and O–H groups in total. The Morgan fingerprint density at radius 3 is 1.28 bits per heavy atom. The minimum Gasteiger partial charge on any atom is -0.871 e. The van der Waals surface area contributed by atoms with Gasteiger partial charge in [-0.15, -0.1) is 0 Å². The predicted molar refractivity (Wildman–Crippen MR) is 166 cm³/mol. The third-order valence-corrected chi connectivity index (χ3v) is 9.03. The zero-order chi connectivity index (χ0) is 30.9. The second-order valence-electron chi connectivity index (χ2n) is 7.94. The molecular weight excluding hydrogens is 823 g/mol. The summed E-state index contributed by atoms with van der Waals surface area (Å²) in [5.74, 6) is -0.663. The Balaban J connectivity index is 0.000000293. The van der Waals surface area contributed by atoms with Gasteiger partial charge in [0, 0.05) is 19.0 Å². The summed E-state index contributed by atoms with van der Waals surface area (Å²) in [7, 11) is -7.52. The molecule has 0 saturated heterocycles. The summed E-state index contributed by atoms with van der Waals surface area (Å²) in [5, 5.41) is 31.4. The second kappa shape index (κ2) is 16.5. The van der Waals surface area contributed by atoms with Crippen LogP contribution in [0.1, 0.15) is 11.1 Å². The van der Waals surface area contributed by atoms with Gasteiger partial charge in [-0.2, -0.15) is 27.0 Å². The van der Waals surface area contributed by atoms with Crippen LogP contribution >= 0.6 is 55.1 Å². The van der Waals surface area contributed by atoms with E-state index in [1.807, 2.05) is 9.66 Å². The number of hydrogen-bond donors (Lipinski definition) is 2. The van der Waals surface area contributed by atoms with Gasteiger partial charge in [0.1, 0.15) is 0 Å². The van der Waals surface area contributed by atoms with Crippen molar-refractivity contribution in [3.63, 3.8) is 0 Å². The minimum absolute atomic E-state index is 0. The molecule has 17 heteroatoms. The van der Waals surface area contributed by atoms with Gasteiger partial charge in [-0.25, -0.2) is 9.66 Å². The van der Waals surface area contributed by atoms with E-state index in [-0.39, 0.29) is 58.4 Å². The fraction of sp³-hybridized carbons (Fsp3) is 0. The van der Waals surface area contributed by atoms with Crippen LogP contribution in [0.15, 0.2) is 114 Å². The third-order valence-electron chi connectivity index (χ3n) is 4.93. The molecule has 0 aliphatic rings. The molecule has 0 amide bonds. The summed E-state index contributed by atoms with van der Waals surface area (Å²) in [6.07, 6.45) is 2.22. The van der Waals surface area contributed by atoms with Crippen molar-refractivity contribution in [2.45, 2.75) is 9.79 Å². The van der Waals surface area contributed by atoms with Crippen LogP contribution in [-0.4, -0.2) is 29.3 Å². The summed E-state index contributed by atoms with van der Waals surface area (Å²) in [5.41, 5.74) is 0.343. The van der Waals surface area contributed by atoms with Crippen molar-refractivity contribution in [3.05, 3.63) is 115 Å². The van der Waals surface area contributed by atoms with Gasteiger partial charge in [-0.05, 0) is 59.7 Å². The maximum Gasteiger partial charge on any atom is 2.00 e. The molecule has 0 saturated carbocycles. The molecule has 10 nitrogen and oxygen atoms in total. The molecule has 1 radical (unpaired) electrons. The molecule has 0 spiro atoms. The average molecular weight is 841 g/mol. The van der Waals surface area contributed by atoms with Crippen LogP contribution in [0.4, 0.5) is 0 Å². The van der Waals surface area contributed by atoms with Crippen LogP contribution in [0.5, 0.6) is 11.5 Å². The number of hydrogen-bond acceptors (Lipinski definition) is 8. The van der Waals surface area contributed by atoms with Crippen LogP contribution in [0.3, 0.4) is 0 Å². The maximum absolute atomic E-state index is 11.9. The van der Waals surface area contributed by atoms with Crippen molar-refractivity contribution >= 4 is 87.5 Å². The molecule has 0 unspecified atom stereocenters. The standard InChI is InChI=1S/2C13H10BrClN2O3S.Cu/c2*14-12-7-10(15)6-9(13(12)18)8-16-17-21(19,20)11-4-2-1-3-5-11;/h2*1-8,17-18H;/q;;+2/p-2/b2*16-8+;. The first-order chi connectivity index (χ1) is 19.8. The Morgan fingerprint density at radius 1 is 0.628 bits per heavy atom. The van der Waals surface area contributed by atoms with E-state index in [1.54, 1.807) is 36.4 Å².